The summed E-state index contributed by atoms with van der Waals surface area (Å²) in [5.41, 5.74) is 0.306. The third-order valence-electron chi connectivity index (χ3n) is 5.26. The summed E-state index contributed by atoms with van der Waals surface area (Å²) in [4.78, 5) is 42.5. The van der Waals surface area contributed by atoms with Gasteiger partial charge in [0.1, 0.15) is 12.1 Å². The van der Waals surface area contributed by atoms with E-state index in [-0.39, 0.29) is 5.91 Å². The lowest BCUT2D eigenvalue weighted by Crippen LogP contribution is -2.28. The Labute approximate surface area is 198 Å². The van der Waals surface area contributed by atoms with Crippen molar-refractivity contribution in [3.63, 3.8) is 0 Å². The van der Waals surface area contributed by atoms with Gasteiger partial charge in [-0.05, 0) is 38.9 Å². The number of carbonyl (C=O) groups is 3. The minimum absolute atomic E-state index is 0.0635. The van der Waals surface area contributed by atoms with Gasteiger partial charge in [-0.2, -0.15) is 5.10 Å². The number of nitrogens with zero attached hydrogens (tertiary/aromatic N) is 5. The summed E-state index contributed by atoms with van der Waals surface area (Å²) >= 11 is 0. The molecule has 1 fully saturated rings. The molecule has 0 aliphatic carbocycles. The van der Waals surface area contributed by atoms with E-state index in [1.165, 1.54) is 45.1 Å². The molecule has 1 aliphatic rings. The number of aromatic nitrogens is 4. The van der Waals surface area contributed by atoms with Crippen LogP contribution in [0.1, 0.15) is 52.9 Å². The van der Waals surface area contributed by atoms with Gasteiger partial charge in [-0.15, -0.1) is 0 Å². The Bertz CT molecular complexity index is 987. The van der Waals surface area contributed by atoms with Gasteiger partial charge >= 0.3 is 11.9 Å². The number of anilines is 1. The molecule has 3 heterocycles. The van der Waals surface area contributed by atoms with Crippen LogP contribution in [0.4, 0.5) is 5.82 Å². The third kappa shape index (κ3) is 8.89. The Hall–Kier alpha value is -3.34. The fourth-order valence-electron chi connectivity index (χ4n) is 3.40. The maximum atomic E-state index is 12.3. The molecule has 34 heavy (non-hydrogen) atoms. The zero-order valence-corrected chi connectivity index (χ0v) is 20.0. The molecule has 1 saturated heterocycles. The van der Waals surface area contributed by atoms with Gasteiger partial charge in [-0.3, -0.25) is 4.79 Å². The van der Waals surface area contributed by atoms with Gasteiger partial charge in [-0.1, -0.05) is 33.6 Å². The van der Waals surface area contributed by atoms with E-state index in [9.17, 15) is 14.4 Å². The number of likely N-dealkylation sites (tertiary alicyclic amines) is 1. The lowest BCUT2D eigenvalue weighted by atomic mass is 9.96. The first kappa shape index (κ1) is 26.9. The van der Waals surface area contributed by atoms with Crippen molar-refractivity contribution in [3.8, 4) is 0 Å². The SMILES string of the molecule is CC(C)(C)C(=O)Nc1ncnc2c1cnn2CCCN1CCCCCC1.O=C(O)/C=C\C(=O)O. The number of carboxylic acids is 2. The number of nitrogens with one attached hydrogen (secondary N) is 1. The van der Waals surface area contributed by atoms with Crippen molar-refractivity contribution in [2.75, 3.05) is 25.0 Å². The van der Waals surface area contributed by atoms with Gasteiger partial charge in [0.25, 0.3) is 0 Å². The maximum Gasteiger partial charge on any atom is 0.328 e. The first-order valence-corrected chi connectivity index (χ1v) is 11.4. The second-order valence-electron chi connectivity index (χ2n) is 9.15. The van der Waals surface area contributed by atoms with Crippen molar-refractivity contribution < 1.29 is 24.6 Å². The minimum Gasteiger partial charge on any atom is -0.478 e. The molecule has 11 heteroatoms. The van der Waals surface area contributed by atoms with Crippen LogP contribution in [-0.4, -0.2) is 72.3 Å². The van der Waals surface area contributed by atoms with Crippen molar-refractivity contribution in [1.29, 1.82) is 0 Å². The summed E-state index contributed by atoms with van der Waals surface area (Å²) < 4.78 is 1.92. The molecular formula is C23H34N6O5. The van der Waals surface area contributed by atoms with Crippen LogP contribution in [0.25, 0.3) is 11.0 Å². The van der Waals surface area contributed by atoms with Gasteiger partial charge in [0.2, 0.25) is 5.91 Å². The van der Waals surface area contributed by atoms with Gasteiger partial charge in [0, 0.05) is 24.1 Å². The first-order chi connectivity index (χ1) is 16.1. The number of aliphatic carboxylic acids is 2. The van der Waals surface area contributed by atoms with E-state index >= 15 is 0 Å². The normalized spacial score (nSPS) is 14.9. The Kier molecular flexibility index (Phi) is 10.1. The van der Waals surface area contributed by atoms with Gasteiger partial charge in [0.15, 0.2) is 5.65 Å². The predicted octanol–water partition coefficient (Wildman–Crippen LogP) is 2.79. The summed E-state index contributed by atoms with van der Waals surface area (Å²) in [6.07, 6.45) is 10.8. The standard InChI is InChI=1S/C19H30N6O.C4H4O4/c1-19(2,3)18(26)23-16-15-13-22-25(17(15)21-14-20-16)12-8-11-24-9-6-4-5-7-10-24;5-3(6)1-2-4(7)8/h13-14H,4-12H2,1-3H3,(H,20,21,23,26);1-2H,(H,5,6)(H,7,8)/b;2-1-. The zero-order valence-electron chi connectivity index (χ0n) is 20.0. The van der Waals surface area contributed by atoms with Crippen LogP contribution in [0.5, 0.6) is 0 Å². The number of amides is 1. The summed E-state index contributed by atoms with van der Waals surface area (Å²) in [6, 6.07) is 0. The van der Waals surface area contributed by atoms with Crippen LogP contribution >= 0.6 is 0 Å². The van der Waals surface area contributed by atoms with E-state index in [1.807, 2.05) is 25.5 Å². The van der Waals surface area contributed by atoms with Crippen LogP contribution in [-0.2, 0) is 20.9 Å². The van der Waals surface area contributed by atoms with Crippen molar-refractivity contribution in [3.05, 3.63) is 24.7 Å². The topological polar surface area (TPSA) is 151 Å². The molecule has 2 aromatic rings. The Morgan fingerprint density at radius 1 is 1.00 bits per heavy atom. The third-order valence-corrected chi connectivity index (χ3v) is 5.26. The highest BCUT2D eigenvalue weighted by Crippen LogP contribution is 2.22. The zero-order chi connectivity index (χ0) is 25.1. The summed E-state index contributed by atoms with van der Waals surface area (Å²) in [5, 5.41) is 23.8. The van der Waals surface area contributed by atoms with Gasteiger partial charge < -0.3 is 20.4 Å². The average Bonchev–Trinajstić information content (AvgIpc) is 3.00. The second-order valence-corrected chi connectivity index (χ2v) is 9.15. The second kappa shape index (κ2) is 12.8. The van der Waals surface area contributed by atoms with Crippen LogP contribution in [0, 0.1) is 5.41 Å². The Morgan fingerprint density at radius 3 is 2.18 bits per heavy atom. The van der Waals surface area contributed by atoms with Crippen molar-refractivity contribution in [2.24, 2.45) is 5.41 Å². The fourth-order valence-corrected chi connectivity index (χ4v) is 3.40. The minimum atomic E-state index is -1.26. The van der Waals surface area contributed by atoms with Crippen LogP contribution in [0.3, 0.4) is 0 Å². The highest BCUT2D eigenvalue weighted by molar-refractivity contribution is 6.00. The van der Waals surface area contributed by atoms with Crippen molar-refractivity contribution in [2.45, 2.75) is 59.4 Å². The molecular weight excluding hydrogens is 440 g/mol. The smallest absolute Gasteiger partial charge is 0.328 e. The molecule has 3 N–H and O–H groups in total. The van der Waals surface area contributed by atoms with E-state index < -0.39 is 17.4 Å². The highest BCUT2D eigenvalue weighted by atomic mass is 16.4. The highest BCUT2D eigenvalue weighted by Gasteiger charge is 2.23. The molecule has 0 aromatic carbocycles. The quantitative estimate of drug-likeness (QED) is 0.515. The lowest BCUT2D eigenvalue weighted by molar-refractivity contribution is -0.134. The van der Waals surface area contributed by atoms with E-state index in [0.717, 1.165) is 30.5 Å². The summed E-state index contributed by atoms with van der Waals surface area (Å²) in [6.45, 7) is 9.99. The molecule has 1 aliphatic heterocycles. The number of hydrogen-bond acceptors (Lipinski definition) is 7. The van der Waals surface area contributed by atoms with E-state index in [1.54, 1.807) is 6.20 Å². The fraction of sp³-hybridized carbons (Fsp3) is 0.565. The van der Waals surface area contributed by atoms with Gasteiger partial charge in [-0.25, -0.2) is 24.2 Å². The number of carbonyl (C=O) groups excluding carboxylic acids is 1. The molecule has 0 bridgehead atoms. The van der Waals surface area contributed by atoms with Crippen LogP contribution in [0.2, 0.25) is 0 Å². The molecule has 2 aromatic heterocycles. The molecule has 186 valence electrons. The molecule has 0 saturated carbocycles. The average molecular weight is 475 g/mol. The van der Waals surface area contributed by atoms with Crippen LogP contribution < -0.4 is 5.32 Å². The number of rotatable bonds is 7. The monoisotopic (exact) mass is 474 g/mol. The van der Waals surface area contributed by atoms with Gasteiger partial charge in [0.05, 0.1) is 11.6 Å². The Morgan fingerprint density at radius 2 is 1.62 bits per heavy atom. The number of fused-ring (bicyclic) bond motifs is 1. The van der Waals surface area contributed by atoms with E-state index in [4.69, 9.17) is 10.2 Å². The molecule has 0 atom stereocenters. The first-order valence-electron chi connectivity index (χ1n) is 11.4. The molecule has 0 radical (unpaired) electrons. The van der Waals surface area contributed by atoms with E-state index in [2.05, 4.69) is 25.3 Å². The summed E-state index contributed by atoms with van der Waals surface area (Å²) in [5.74, 6) is -2.04. The lowest BCUT2D eigenvalue weighted by Gasteiger charge is -2.19. The van der Waals surface area contributed by atoms with Crippen molar-refractivity contribution >= 4 is 34.7 Å². The molecule has 3 rings (SSSR count). The molecule has 0 unspecified atom stereocenters. The molecule has 0 spiro atoms. The predicted molar refractivity (Wildman–Crippen MR) is 127 cm³/mol. The molecule has 1 amide bonds. The van der Waals surface area contributed by atoms with E-state index in [0.29, 0.717) is 18.0 Å². The van der Waals surface area contributed by atoms with Crippen LogP contribution in [0.15, 0.2) is 24.7 Å². The Balaban J connectivity index is 0.000000440. The number of carboxylic acid groups (broad SMARTS) is 2. The largest absolute Gasteiger partial charge is 0.478 e. The maximum absolute atomic E-state index is 12.3. The van der Waals surface area contributed by atoms with Crippen molar-refractivity contribution in [1.82, 2.24) is 24.6 Å². The molecule has 11 nitrogen and oxygen atoms in total. The number of hydrogen-bond donors (Lipinski definition) is 3. The summed E-state index contributed by atoms with van der Waals surface area (Å²) in [7, 11) is 0. The number of aryl methyl sites for hydroxylation is 1.